The van der Waals surface area contributed by atoms with E-state index in [1.165, 1.54) is 6.07 Å². The normalized spacial score (nSPS) is 18.3. The molecule has 2 rings (SSSR count). The average Bonchev–Trinajstić information content (AvgIpc) is 2.39. The van der Waals surface area contributed by atoms with Gasteiger partial charge in [0.1, 0.15) is 5.82 Å². The highest BCUT2D eigenvalue weighted by atomic mass is 19.1. The van der Waals surface area contributed by atoms with Gasteiger partial charge in [0.25, 0.3) is 0 Å². The zero-order chi connectivity index (χ0) is 13.7. The molecule has 1 aromatic carbocycles. The number of anilines is 1. The van der Waals surface area contributed by atoms with Crippen molar-refractivity contribution < 1.29 is 4.39 Å². The van der Waals surface area contributed by atoms with Crippen LogP contribution < -0.4 is 10.2 Å². The molecule has 3 nitrogen and oxygen atoms in total. The van der Waals surface area contributed by atoms with Crippen molar-refractivity contribution in [1.29, 1.82) is 0 Å². The van der Waals surface area contributed by atoms with E-state index in [4.69, 9.17) is 0 Å². The molecule has 1 aliphatic rings. The van der Waals surface area contributed by atoms with E-state index in [0.717, 1.165) is 45.0 Å². The minimum absolute atomic E-state index is 0.167. The molecule has 0 radical (unpaired) electrons. The van der Waals surface area contributed by atoms with E-state index >= 15 is 0 Å². The first-order chi connectivity index (χ1) is 9.15. The second-order valence-corrected chi connectivity index (χ2v) is 5.52. The third-order valence-electron chi connectivity index (χ3n) is 3.61. The van der Waals surface area contributed by atoms with Crippen LogP contribution in [0, 0.1) is 11.7 Å². The second-order valence-electron chi connectivity index (χ2n) is 5.52. The van der Waals surface area contributed by atoms with E-state index in [0.29, 0.717) is 5.92 Å². The number of hydrogen-bond donors (Lipinski definition) is 1. The fourth-order valence-corrected chi connectivity index (χ4v) is 2.68. The molecule has 1 heterocycles. The van der Waals surface area contributed by atoms with Gasteiger partial charge in [0.15, 0.2) is 0 Å². The second kappa shape index (κ2) is 6.87. The summed E-state index contributed by atoms with van der Waals surface area (Å²) in [5, 5.41) is 3.37. The summed E-state index contributed by atoms with van der Waals surface area (Å²) in [6.45, 7) is 8.77. The summed E-state index contributed by atoms with van der Waals surface area (Å²) < 4.78 is 13.2. The summed E-state index contributed by atoms with van der Waals surface area (Å²) in [5.74, 6) is 0.408. The summed E-state index contributed by atoms with van der Waals surface area (Å²) in [4.78, 5) is 4.64. The van der Waals surface area contributed by atoms with Gasteiger partial charge in [-0.2, -0.15) is 0 Å². The zero-order valence-electron chi connectivity index (χ0n) is 11.9. The van der Waals surface area contributed by atoms with Crippen molar-refractivity contribution >= 4 is 5.69 Å². The molecule has 106 valence electrons. The van der Waals surface area contributed by atoms with Crippen molar-refractivity contribution in [3.05, 3.63) is 30.1 Å². The Labute approximate surface area is 115 Å². The summed E-state index contributed by atoms with van der Waals surface area (Å²) in [7, 11) is 2.03. The Morgan fingerprint density at radius 1 is 1.37 bits per heavy atom. The lowest BCUT2D eigenvalue weighted by Gasteiger charge is -2.31. The van der Waals surface area contributed by atoms with E-state index in [1.807, 2.05) is 13.1 Å². The van der Waals surface area contributed by atoms with Crippen molar-refractivity contribution in [2.24, 2.45) is 5.92 Å². The first kappa shape index (κ1) is 14.3. The minimum atomic E-state index is -0.167. The van der Waals surface area contributed by atoms with Crippen molar-refractivity contribution in [2.75, 3.05) is 51.2 Å². The smallest absolute Gasteiger partial charge is 0.125 e. The van der Waals surface area contributed by atoms with Gasteiger partial charge in [0.2, 0.25) is 0 Å². The van der Waals surface area contributed by atoms with Gasteiger partial charge in [-0.3, -0.25) is 0 Å². The van der Waals surface area contributed by atoms with Crippen molar-refractivity contribution in [3.63, 3.8) is 0 Å². The molecule has 0 spiro atoms. The van der Waals surface area contributed by atoms with Crippen LogP contribution in [0.2, 0.25) is 0 Å². The Morgan fingerprint density at radius 3 is 2.79 bits per heavy atom. The van der Waals surface area contributed by atoms with Gasteiger partial charge in [0, 0.05) is 52.0 Å². The first-order valence-electron chi connectivity index (χ1n) is 7.05. The summed E-state index contributed by atoms with van der Waals surface area (Å²) in [6.07, 6.45) is 0. The maximum atomic E-state index is 13.2. The predicted octanol–water partition coefficient (Wildman–Crippen LogP) is 1.80. The van der Waals surface area contributed by atoms with Crippen molar-refractivity contribution in [1.82, 2.24) is 10.2 Å². The molecular formula is C15H24FN3. The largest absolute Gasteiger partial charge is 0.374 e. The maximum Gasteiger partial charge on any atom is 0.125 e. The molecule has 1 saturated heterocycles. The van der Waals surface area contributed by atoms with Crippen LogP contribution in [0.1, 0.15) is 6.92 Å². The molecule has 0 amide bonds. The van der Waals surface area contributed by atoms with Gasteiger partial charge in [-0.1, -0.05) is 13.0 Å². The highest BCUT2D eigenvalue weighted by Gasteiger charge is 2.14. The summed E-state index contributed by atoms with van der Waals surface area (Å²) >= 11 is 0. The van der Waals surface area contributed by atoms with Crippen molar-refractivity contribution in [2.45, 2.75) is 6.92 Å². The average molecular weight is 265 g/mol. The van der Waals surface area contributed by atoms with Crippen LogP contribution in [0.5, 0.6) is 0 Å². The van der Waals surface area contributed by atoms with Crippen LogP contribution in [0.4, 0.5) is 10.1 Å². The van der Waals surface area contributed by atoms with Crippen LogP contribution in [-0.4, -0.2) is 51.2 Å². The monoisotopic (exact) mass is 265 g/mol. The Hall–Kier alpha value is -1.13. The molecule has 1 unspecified atom stereocenters. The fourth-order valence-electron chi connectivity index (χ4n) is 2.68. The number of piperazine rings is 1. The molecule has 1 atom stereocenters. The Kier molecular flexibility index (Phi) is 5.16. The molecule has 1 fully saturated rings. The lowest BCUT2D eigenvalue weighted by molar-refractivity contribution is 0.213. The van der Waals surface area contributed by atoms with Gasteiger partial charge in [-0.15, -0.1) is 0 Å². The molecule has 1 N–H and O–H groups in total. The summed E-state index contributed by atoms with van der Waals surface area (Å²) in [5.41, 5.74) is 0.951. The number of rotatable bonds is 5. The van der Waals surface area contributed by atoms with E-state index in [9.17, 15) is 4.39 Å². The van der Waals surface area contributed by atoms with Crippen LogP contribution >= 0.6 is 0 Å². The van der Waals surface area contributed by atoms with Gasteiger partial charge in [-0.25, -0.2) is 4.39 Å². The first-order valence-corrected chi connectivity index (χ1v) is 7.05. The molecule has 4 heteroatoms. The lowest BCUT2D eigenvalue weighted by Crippen LogP contribution is -2.46. The maximum absolute atomic E-state index is 13.2. The van der Waals surface area contributed by atoms with Gasteiger partial charge in [-0.05, 0) is 24.1 Å². The molecule has 1 aromatic rings. The lowest BCUT2D eigenvalue weighted by atomic mass is 10.1. The molecular weight excluding hydrogens is 241 g/mol. The van der Waals surface area contributed by atoms with Gasteiger partial charge in [0.05, 0.1) is 0 Å². The highest BCUT2D eigenvalue weighted by molar-refractivity contribution is 5.45. The SMILES string of the molecule is CC(CN1CCNCC1)CN(C)c1cccc(F)c1. The molecule has 0 saturated carbocycles. The Balaban J connectivity index is 1.82. The highest BCUT2D eigenvalue weighted by Crippen LogP contribution is 2.15. The quantitative estimate of drug-likeness (QED) is 0.876. The number of halogens is 1. The summed E-state index contributed by atoms with van der Waals surface area (Å²) in [6, 6.07) is 6.81. The third kappa shape index (κ3) is 4.48. The van der Waals surface area contributed by atoms with E-state index < -0.39 is 0 Å². The molecule has 19 heavy (non-hydrogen) atoms. The number of benzene rings is 1. The molecule has 0 aliphatic carbocycles. The predicted molar refractivity (Wildman–Crippen MR) is 78.1 cm³/mol. The van der Waals surface area contributed by atoms with E-state index in [-0.39, 0.29) is 5.82 Å². The Bertz CT molecular complexity index is 391. The number of hydrogen-bond acceptors (Lipinski definition) is 3. The number of nitrogens with zero attached hydrogens (tertiary/aromatic N) is 2. The van der Waals surface area contributed by atoms with E-state index in [2.05, 4.69) is 22.0 Å². The van der Waals surface area contributed by atoms with Gasteiger partial charge >= 0.3 is 0 Å². The van der Waals surface area contributed by atoms with Crippen LogP contribution in [0.25, 0.3) is 0 Å². The fraction of sp³-hybridized carbons (Fsp3) is 0.600. The van der Waals surface area contributed by atoms with Crippen LogP contribution in [0.15, 0.2) is 24.3 Å². The molecule has 0 bridgehead atoms. The number of nitrogens with one attached hydrogen (secondary N) is 1. The van der Waals surface area contributed by atoms with Crippen LogP contribution in [0.3, 0.4) is 0 Å². The standard InChI is InChI=1S/C15H24FN3/c1-13(12-19-8-6-17-7-9-19)11-18(2)15-5-3-4-14(16)10-15/h3-5,10,13,17H,6-9,11-12H2,1-2H3. The van der Waals surface area contributed by atoms with Crippen molar-refractivity contribution in [3.8, 4) is 0 Å². The molecule has 1 aliphatic heterocycles. The minimum Gasteiger partial charge on any atom is -0.374 e. The topological polar surface area (TPSA) is 18.5 Å². The van der Waals surface area contributed by atoms with E-state index in [1.54, 1.807) is 12.1 Å². The zero-order valence-corrected chi connectivity index (χ0v) is 11.9. The molecule has 0 aromatic heterocycles. The van der Waals surface area contributed by atoms with Gasteiger partial charge < -0.3 is 15.1 Å². The third-order valence-corrected chi connectivity index (χ3v) is 3.61. The van der Waals surface area contributed by atoms with Crippen LogP contribution in [-0.2, 0) is 0 Å². The Morgan fingerprint density at radius 2 is 2.11 bits per heavy atom.